The Labute approximate surface area is 158 Å². The highest BCUT2D eigenvalue weighted by atomic mass is 16.1. The number of benzene rings is 1. The van der Waals surface area contributed by atoms with Crippen molar-refractivity contribution in [3.05, 3.63) is 90.3 Å². The van der Waals surface area contributed by atoms with Crippen LogP contribution < -0.4 is 5.73 Å². The molecule has 5 nitrogen and oxygen atoms in total. The van der Waals surface area contributed by atoms with E-state index in [-0.39, 0.29) is 5.91 Å². The summed E-state index contributed by atoms with van der Waals surface area (Å²) >= 11 is 0. The summed E-state index contributed by atoms with van der Waals surface area (Å²) in [6.07, 6.45) is 16.1. The molecule has 5 heteroatoms. The van der Waals surface area contributed by atoms with Crippen LogP contribution in [0.3, 0.4) is 0 Å². The molecule has 0 saturated carbocycles. The second kappa shape index (κ2) is 6.83. The molecular formula is C22H22N4O. The zero-order valence-electron chi connectivity index (χ0n) is 15.0. The van der Waals surface area contributed by atoms with Gasteiger partial charge in [-0.05, 0) is 24.1 Å². The number of aliphatic imine (C=N–C) groups is 1. The van der Waals surface area contributed by atoms with Gasteiger partial charge in [0.15, 0.2) is 0 Å². The van der Waals surface area contributed by atoms with Crippen molar-refractivity contribution in [2.45, 2.75) is 18.4 Å². The van der Waals surface area contributed by atoms with Crippen molar-refractivity contribution in [1.29, 1.82) is 0 Å². The molecule has 0 fully saturated rings. The Kier molecular flexibility index (Phi) is 4.36. The van der Waals surface area contributed by atoms with E-state index in [9.17, 15) is 4.79 Å². The summed E-state index contributed by atoms with van der Waals surface area (Å²) < 4.78 is 1.91. The van der Waals surface area contributed by atoms with Crippen LogP contribution in [-0.4, -0.2) is 28.4 Å². The van der Waals surface area contributed by atoms with Gasteiger partial charge < -0.3 is 5.73 Å². The van der Waals surface area contributed by atoms with Crippen LogP contribution in [0.1, 0.15) is 17.7 Å². The van der Waals surface area contributed by atoms with Gasteiger partial charge in [-0.3, -0.25) is 14.5 Å². The number of nitrogens with zero attached hydrogens (tertiary/aromatic N) is 3. The highest BCUT2D eigenvalue weighted by molar-refractivity contribution is 5.89. The minimum absolute atomic E-state index is 0.322. The van der Waals surface area contributed by atoms with Crippen molar-refractivity contribution in [3.63, 3.8) is 0 Å². The van der Waals surface area contributed by atoms with E-state index < -0.39 is 10.8 Å². The fraction of sp³-hybridized carbons (Fsp3) is 0.227. The Morgan fingerprint density at radius 3 is 2.63 bits per heavy atom. The molecule has 1 aromatic heterocycles. The van der Waals surface area contributed by atoms with Crippen LogP contribution in [0.25, 0.3) is 0 Å². The summed E-state index contributed by atoms with van der Waals surface area (Å²) in [6, 6.07) is 12.2. The molecule has 1 aromatic carbocycles. The van der Waals surface area contributed by atoms with Crippen LogP contribution in [0.15, 0.2) is 84.0 Å². The zero-order valence-corrected chi connectivity index (χ0v) is 15.0. The molecule has 136 valence electrons. The molecule has 2 aliphatic rings. The first-order valence-corrected chi connectivity index (χ1v) is 9.06. The first-order chi connectivity index (χ1) is 13.2. The van der Waals surface area contributed by atoms with Gasteiger partial charge in [0.2, 0.25) is 5.91 Å². The first kappa shape index (κ1) is 17.2. The molecule has 2 heterocycles. The fourth-order valence-electron chi connectivity index (χ4n) is 4.02. The molecule has 2 atom stereocenters. The van der Waals surface area contributed by atoms with Crippen LogP contribution in [0.4, 0.5) is 0 Å². The molecule has 27 heavy (non-hydrogen) atoms. The topological polar surface area (TPSA) is 73.3 Å². The van der Waals surface area contributed by atoms with Crippen molar-refractivity contribution in [2.75, 3.05) is 6.54 Å². The van der Waals surface area contributed by atoms with Crippen LogP contribution in [-0.2, 0) is 16.8 Å². The van der Waals surface area contributed by atoms with Gasteiger partial charge in [-0.25, -0.2) is 0 Å². The van der Waals surface area contributed by atoms with Crippen molar-refractivity contribution < 1.29 is 4.79 Å². The highest BCUT2D eigenvalue weighted by Crippen LogP contribution is 2.49. The predicted octanol–water partition coefficient (Wildman–Crippen LogP) is 2.80. The standard InChI is InChI=1S/C22H22N4O/c23-20(27)22(13-7-14-24-17-22)21(11-5-2-6-12-21)19-10-15-26(25-19)16-18-8-3-1-4-9-18/h1-11,13-15H,12,16-17H2,(H2,23,27). The number of amides is 1. The molecule has 4 rings (SSSR count). The summed E-state index contributed by atoms with van der Waals surface area (Å²) in [4.78, 5) is 17.0. The van der Waals surface area contributed by atoms with Gasteiger partial charge in [0, 0.05) is 12.4 Å². The Morgan fingerprint density at radius 2 is 1.96 bits per heavy atom. The lowest BCUT2D eigenvalue weighted by Crippen LogP contribution is -2.54. The van der Waals surface area contributed by atoms with Crippen molar-refractivity contribution in [1.82, 2.24) is 9.78 Å². The number of dihydropyridines is 1. The fourth-order valence-corrected chi connectivity index (χ4v) is 4.02. The molecule has 0 radical (unpaired) electrons. The zero-order chi connectivity index (χ0) is 18.7. The van der Waals surface area contributed by atoms with Gasteiger partial charge in [-0.15, -0.1) is 0 Å². The third-order valence-corrected chi connectivity index (χ3v) is 5.50. The number of rotatable bonds is 5. The largest absolute Gasteiger partial charge is 0.369 e. The van der Waals surface area contributed by atoms with Gasteiger partial charge in [-0.2, -0.15) is 5.10 Å². The molecule has 0 saturated heterocycles. The lowest BCUT2D eigenvalue weighted by Gasteiger charge is -2.45. The van der Waals surface area contributed by atoms with E-state index in [1.807, 2.05) is 59.4 Å². The van der Waals surface area contributed by atoms with Gasteiger partial charge in [0.1, 0.15) is 5.41 Å². The maximum atomic E-state index is 12.7. The van der Waals surface area contributed by atoms with E-state index in [4.69, 9.17) is 10.8 Å². The maximum absolute atomic E-state index is 12.7. The highest BCUT2D eigenvalue weighted by Gasteiger charge is 2.55. The average molecular weight is 358 g/mol. The summed E-state index contributed by atoms with van der Waals surface area (Å²) in [6.45, 7) is 0.997. The Bertz CT molecular complexity index is 954. The van der Waals surface area contributed by atoms with Crippen LogP contribution in [0.2, 0.25) is 0 Å². The summed E-state index contributed by atoms with van der Waals surface area (Å²) in [5.74, 6) is -0.381. The van der Waals surface area contributed by atoms with Crippen LogP contribution >= 0.6 is 0 Å². The second-order valence-electron chi connectivity index (χ2n) is 7.03. The third kappa shape index (κ3) is 2.85. The normalized spacial score (nSPS) is 26.4. The molecule has 1 amide bonds. The molecule has 1 aliphatic heterocycles. The molecule has 0 spiro atoms. The van der Waals surface area contributed by atoms with E-state index in [2.05, 4.69) is 29.3 Å². The monoisotopic (exact) mass is 358 g/mol. The Balaban J connectivity index is 1.76. The quantitative estimate of drug-likeness (QED) is 0.892. The van der Waals surface area contributed by atoms with Crippen molar-refractivity contribution in [3.8, 4) is 0 Å². The summed E-state index contributed by atoms with van der Waals surface area (Å²) in [5, 5.41) is 4.84. The first-order valence-electron chi connectivity index (χ1n) is 9.06. The van der Waals surface area contributed by atoms with E-state index in [1.54, 1.807) is 6.21 Å². The van der Waals surface area contributed by atoms with E-state index in [0.717, 1.165) is 5.69 Å². The molecule has 2 unspecified atom stereocenters. The molecule has 1 aliphatic carbocycles. The Morgan fingerprint density at radius 1 is 1.11 bits per heavy atom. The number of primary amides is 1. The smallest absolute Gasteiger partial charge is 0.230 e. The molecular weight excluding hydrogens is 336 g/mol. The van der Waals surface area contributed by atoms with E-state index in [1.165, 1.54) is 5.56 Å². The SMILES string of the molecule is NC(=O)C1(C2(c3ccn(Cc4ccccc4)n3)C=CC=CC2)C=CC=NC1. The lowest BCUT2D eigenvalue weighted by molar-refractivity contribution is -0.127. The molecule has 0 bridgehead atoms. The van der Waals surface area contributed by atoms with Crippen LogP contribution in [0, 0.1) is 5.41 Å². The molecule has 2 aromatic rings. The third-order valence-electron chi connectivity index (χ3n) is 5.50. The number of carbonyl (C=O) groups is 1. The van der Waals surface area contributed by atoms with Gasteiger partial charge in [0.05, 0.1) is 24.2 Å². The maximum Gasteiger partial charge on any atom is 0.230 e. The number of carbonyl (C=O) groups excluding carboxylic acids is 1. The lowest BCUT2D eigenvalue weighted by atomic mass is 9.57. The Hall–Kier alpha value is -3.21. The summed E-state index contributed by atoms with van der Waals surface area (Å²) in [5.41, 5.74) is 6.35. The number of nitrogens with two attached hydrogens (primary N) is 1. The van der Waals surface area contributed by atoms with E-state index in [0.29, 0.717) is 19.5 Å². The van der Waals surface area contributed by atoms with E-state index >= 15 is 0 Å². The molecule has 2 N–H and O–H groups in total. The summed E-state index contributed by atoms with van der Waals surface area (Å²) in [7, 11) is 0. The predicted molar refractivity (Wildman–Crippen MR) is 106 cm³/mol. The minimum Gasteiger partial charge on any atom is -0.369 e. The number of aromatic nitrogens is 2. The number of hydrogen-bond donors (Lipinski definition) is 1. The number of hydrogen-bond acceptors (Lipinski definition) is 3. The van der Waals surface area contributed by atoms with Gasteiger partial charge in [0.25, 0.3) is 0 Å². The second-order valence-corrected chi connectivity index (χ2v) is 7.03. The van der Waals surface area contributed by atoms with Gasteiger partial charge in [-0.1, -0.05) is 60.7 Å². The minimum atomic E-state index is -0.936. The van der Waals surface area contributed by atoms with Crippen LogP contribution in [0.5, 0.6) is 0 Å². The number of allylic oxidation sites excluding steroid dienone is 5. The van der Waals surface area contributed by atoms with Gasteiger partial charge >= 0.3 is 0 Å². The van der Waals surface area contributed by atoms with Crippen molar-refractivity contribution >= 4 is 12.1 Å². The average Bonchev–Trinajstić information content (AvgIpc) is 3.18. The van der Waals surface area contributed by atoms with Crippen molar-refractivity contribution in [2.24, 2.45) is 16.1 Å².